The predicted molar refractivity (Wildman–Crippen MR) is 123 cm³/mol. The van der Waals surface area contributed by atoms with Crippen molar-refractivity contribution in [3.05, 3.63) is 77.6 Å². The maximum absolute atomic E-state index is 9.33. The van der Waals surface area contributed by atoms with Crippen LogP contribution in [-0.4, -0.2) is 9.13 Å². The van der Waals surface area contributed by atoms with E-state index in [1.165, 1.54) is 21.8 Å². The zero-order valence-corrected chi connectivity index (χ0v) is 16.6. The molecule has 0 aliphatic rings. The summed E-state index contributed by atoms with van der Waals surface area (Å²) in [5.74, 6) is 0. The Morgan fingerprint density at radius 1 is 0.700 bits per heavy atom. The summed E-state index contributed by atoms with van der Waals surface area (Å²) in [5, 5.41) is 16.2. The van der Waals surface area contributed by atoms with Gasteiger partial charge in [0, 0.05) is 52.1 Å². The Morgan fingerprint density at radius 2 is 1.20 bits per heavy atom. The smallest absolute Gasteiger partial charge is 0.188 e. The molecule has 0 aliphatic heterocycles. The van der Waals surface area contributed by atoms with Crippen molar-refractivity contribution in [2.75, 3.05) is 0 Å². The molecule has 6 aromatic rings. The highest BCUT2D eigenvalue weighted by Gasteiger charge is 2.16. The Hall–Kier alpha value is -4.28. The second-order valence-corrected chi connectivity index (χ2v) is 7.79. The topological polar surface area (TPSA) is 38.0 Å². The highest BCUT2D eigenvalue weighted by Crippen LogP contribution is 2.39. The summed E-state index contributed by atoms with van der Waals surface area (Å²) in [6.45, 7) is 7.36. The molecule has 0 unspecified atom stereocenters. The van der Waals surface area contributed by atoms with Gasteiger partial charge in [0.15, 0.2) is 5.69 Å². The number of aromatic nitrogens is 2. The molecule has 0 saturated heterocycles. The summed E-state index contributed by atoms with van der Waals surface area (Å²) in [4.78, 5) is 3.60. The fourth-order valence-electron chi connectivity index (χ4n) is 4.99. The van der Waals surface area contributed by atoms with Crippen LogP contribution in [0.4, 0.5) is 5.69 Å². The van der Waals surface area contributed by atoms with Crippen LogP contribution in [0.3, 0.4) is 0 Å². The molecule has 2 aromatic heterocycles. The molecule has 0 radical (unpaired) electrons. The van der Waals surface area contributed by atoms with Gasteiger partial charge in [-0.3, -0.25) is 0 Å². The number of nitriles is 1. The lowest BCUT2D eigenvalue weighted by Gasteiger charge is -2.07. The molecule has 4 aromatic carbocycles. The molecular weight excluding hydrogens is 368 g/mol. The van der Waals surface area contributed by atoms with Crippen LogP contribution in [0.1, 0.15) is 5.56 Å². The zero-order valence-electron chi connectivity index (χ0n) is 16.6. The number of aryl methyl sites for hydroxylation is 2. The van der Waals surface area contributed by atoms with E-state index in [1.807, 2.05) is 36.4 Å². The van der Waals surface area contributed by atoms with Gasteiger partial charge < -0.3 is 9.13 Å². The lowest BCUT2D eigenvalue weighted by Crippen LogP contribution is -1.90. The van der Waals surface area contributed by atoms with Gasteiger partial charge in [0.05, 0.1) is 29.2 Å². The second-order valence-electron chi connectivity index (χ2n) is 7.79. The number of nitrogens with zero attached hydrogens (tertiary/aromatic N) is 4. The molecule has 0 bridgehead atoms. The maximum Gasteiger partial charge on any atom is 0.188 e. The minimum atomic E-state index is 0.660. The summed E-state index contributed by atoms with van der Waals surface area (Å²) < 4.78 is 4.45. The zero-order chi connectivity index (χ0) is 20.6. The molecule has 6 rings (SSSR count). The Kier molecular flexibility index (Phi) is 3.12. The van der Waals surface area contributed by atoms with Gasteiger partial charge in [0.25, 0.3) is 0 Å². The molecule has 4 heteroatoms. The molecule has 0 atom stereocenters. The minimum Gasteiger partial charge on any atom is -0.343 e. The Bertz CT molecular complexity index is 1650. The van der Waals surface area contributed by atoms with E-state index < -0.39 is 0 Å². The minimum absolute atomic E-state index is 0.660. The van der Waals surface area contributed by atoms with Gasteiger partial charge in [-0.05, 0) is 35.7 Å². The van der Waals surface area contributed by atoms with Crippen molar-refractivity contribution in [2.45, 2.75) is 0 Å². The first-order valence-corrected chi connectivity index (χ1v) is 9.76. The van der Waals surface area contributed by atoms with Crippen molar-refractivity contribution >= 4 is 60.1 Å². The molecule has 30 heavy (non-hydrogen) atoms. The van der Waals surface area contributed by atoms with Crippen LogP contribution in [0.5, 0.6) is 0 Å². The number of hydrogen-bond donors (Lipinski definition) is 0. The maximum atomic E-state index is 9.33. The number of fused-ring (bicyclic) bond motifs is 9. The van der Waals surface area contributed by atoms with Gasteiger partial charge >= 0.3 is 0 Å². The van der Waals surface area contributed by atoms with Gasteiger partial charge in [-0.1, -0.05) is 30.3 Å². The summed E-state index contributed by atoms with van der Waals surface area (Å²) in [5.41, 5.74) is 5.93. The Labute approximate surface area is 172 Å². The van der Waals surface area contributed by atoms with E-state index >= 15 is 0 Å². The average Bonchev–Trinajstić information content (AvgIpc) is 3.24. The van der Waals surface area contributed by atoms with Gasteiger partial charge in [-0.15, -0.1) is 0 Å². The van der Waals surface area contributed by atoms with Crippen molar-refractivity contribution in [2.24, 2.45) is 14.1 Å². The van der Waals surface area contributed by atoms with Crippen molar-refractivity contribution in [3.8, 4) is 6.07 Å². The van der Waals surface area contributed by atoms with Crippen LogP contribution in [0, 0.1) is 17.9 Å². The summed E-state index contributed by atoms with van der Waals surface area (Å²) in [7, 11) is 4.18. The number of benzene rings is 4. The van der Waals surface area contributed by atoms with E-state index in [2.05, 4.69) is 58.4 Å². The van der Waals surface area contributed by atoms with Crippen LogP contribution < -0.4 is 0 Å². The molecule has 0 aliphatic carbocycles. The van der Waals surface area contributed by atoms with Gasteiger partial charge in [-0.2, -0.15) is 5.26 Å². The fourth-order valence-corrected chi connectivity index (χ4v) is 4.99. The van der Waals surface area contributed by atoms with Gasteiger partial charge in [0.1, 0.15) is 0 Å². The van der Waals surface area contributed by atoms with Crippen LogP contribution in [0.15, 0.2) is 60.7 Å². The van der Waals surface area contributed by atoms with Crippen LogP contribution in [0.2, 0.25) is 0 Å². The molecule has 4 nitrogen and oxygen atoms in total. The second kappa shape index (κ2) is 5.63. The first kappa shape index (κ1) is 16.7. The molecule has 0 spiro atoms. The lowest BCUT2D eigenvalue weighted by atomic mass is 10.0. The average molecular weight is 384 g/mol. The molecule has 0 N–H and O–H groups in total. The number of hydrogen-bond acceptors (Lipinski definition) is 1. The Morgan fingerprint density at radius 3 is 1.73 bits per heavy atom. The molecule has 0 amide bonds. The van der Waals surface area contributed by atoms with E-state index in [4.69, 9.17) is 6.57 Å². The molecule has 140 valence electrons. The normalized spacial score (nSPS) is 11.6. The van der Waals surface area contributed by atoms with E-state index in [-0.39, 0.29) is 0 Å². The van der Waals surface area contributed by atoms with Gasteiger partial charge in [-0.25, -0.2) is 4.85 Å². The Balaban J connectivity index is 1.83. The third-order valence-electron chi connectivity index (χ3n) is 6.35. The first-order valence-electron chi connectivity index (χ1n) is 9.76. The van der Waals surface area contributed by atoms with Crippen LogP contribution >= 0.6 is 0 Å². The van der Waals surface area contributed by atoms with Crippen LogP contribution in [0.25, 0.3) is 59.2 Å². The monoisotopic (exact) mass is 384 g/mol. The van der Waals surface area contributed by atoms with E-state index in [0.29, 0.717) is 11.3 Å². The van der Waals surface area contributed by atoms with E-state index in [9.17, 15) is 5.26 Å². The third kappa shape index (κ3) is 1.93. The molecule has 0 fully saturated rings. The highest BCUT2D eigenvalue weighted by atomic mass is 15.0. The van der Waals surface area contributed by atoms with Crippen LogP contribution in [-0.2, 0) is 14.1 Å². The quantitative estimate of drug-likeness (QED) is 0.274. The standard InChI is InChI=1S/C26H16N4/c1-28-16-5-11-24-22(13-16)20-9-7-17-18(26(20)30(24)3)6-8-19-21-12-15(14-27)4-10-23(21)29(2)25(17)19/h4-13H,2-3H3. The molecular formula is C26H16N4. The largest absolute Gasteiger partial charge is 0.343 e. The van der Waals surface area contributed by atoms with Crippen molar-refractivity contribution in [1.82, 2.24) is 9.13 Å². The lowest BCUT2D eigenvalue weighted by molar-refractivity contribution is 1.02. The highest BCUT2D eigenvalue weighted by molar-refractivity contribution is 6.25. The summed E-state index contributed by atoms with van der Waals surface area (Å²) in [6.07, 6.45) is 0. The van der Waals surface area contributed by atoms with Crippen molar-refractivity contribution < 1.29 is 0 Å². The summed E-state index contributed by atoms with van der Waals surface area (Å²) in [6, 6.07) is 22.7. The number of rotatable bonds is 0. The SMILES string of the molecule is [C-]#[N+]c1ccc2c(c1)c1ccc3c(ccc4c5cc(C#N)ccc5n(C)c43)c1n2C. The summed E-state index contributed by atoms with van der Waals surface area (Å²) >= 11 is 0. The molecule has 2 heterocycles. The fraction of sp³-hybridized carbons (Fsp3) is 0.0769. The predicted octanol–water partition coefficient (Wildman–Crippen LogP) is 6.55. The van der Waals surface area contributed by atoms with Crippen molar-refractivity contribution in [1.29, 1.82) is 5.26 Å². The molecule has 0 saturated carbocycles. The van der Waals surface area contributed by atoms with E-state index in [1.54, 1.807) is 0 Å². The van der Waals surface area contributed by atoms with Gasteiger partial charge in [0.2, 0.25) is 0 Å². The third-order valence-corrected chi connectivity index (χ3v) is 6.35. The first-order chi connectivity index (χ1) is 14.6. The van der Waals surface area contributed by atoms with E-state index in [0.717, 1.165) is 32.6 Å². The van der Waals surface area contributed by atoms with Crippen molar-refractivity contribution in [3.63, 3.8) is 0 Å².